The molecule has 2 N–H and O–H groups in total. The van der Waals surface area contributed by atoms with Gasteiger partial charge >= 0.3 is 12.0 Å². The first-order valence-electron chi connectivity index (χ1n) is 7.19. The van der Waals surface area contributed by atoms with Crippen LogP contribution in [0.2, 0.25) is 0 Å². The van der Waals surface area contributed by atoms with Gasteiger partial charge < -0.3 is 20.2 Å². The normalized spacial score (nSPS) is 20.9. The average molecular weight is 299 g/mol. The number of rotatable bonds is 4. The molecular weight excluding hydrogens is 274 g/mol. The molecule has 1 rings (SSSR count). The minimum absolute atomic E-state index is 0.153. The van der Waals surface area contributed by atoms with Crippen LogP contribution >= 0.6 is 0 Å². The zero-order valence-corrected chi connectivity index (χ0v) is 13.3. The summed E-state index contributed by atoms with van der Waals surface area (Å²) in [6, 6.07) is -1.46. The van der Waals surface area contributed by atoms with Crippen molar-refractivity contribution in [1.82, 2.24) is 15.1 Å². The summed E-state index contributed by atoms with van der Waals surface area (Å²) >= 11 is 0. The van der Waals surface area contributed by atoms with Crippen LogP contribution in [0.3, 0.4) is 0 Å². The molecule has 0 aromatic rings. The SMILES string of the molecule is CC[C@H](C)[C@H](NC(=O)N1CCN(C)C(=O)C1(C)C)C(=O)O. The van der Waals surface area contributed by atoms with Gasteiger partial charge in [0.1, 0.15) is 11.6 Å². The first kappa shape index (κ1) is 17.3. The second-order valence-corrected chi connectivity index (χ2v) is 6.09. The summed E-state index contributed by atoms with van der Waals surface area (Å²) < 4.78 is 0. The third-order valence-corrected chi connectivity index (χ3v) is 4.21. The Labute approximate surface area is 125 Å². The number of hydrogen-bond donors (Lipinski definition) is 2. The number of piperazine rings is 1. The van der Waals surface area contributed by atoms with Gasteiger partial charge in [-0.25, -0.2) is 9.59 Å². The van der Waals surface area contributed by atoms with Crippen molar-refractivity contribution >= 4 is 17.9 Å². The first-order chi connectivity index (χ1) is 9.62. The molecule has 0 aromatic carbocycles. The van der Waals surface area contributed by atoms with E-state index in [0.717, 1.165) is 0 Å². The molecule has 1 saturated heterocycles. The summed E-state index contributed by atoms with van der Waals surface area (Å²) in [6.07, 6.45) is 0.641. The number of carbonyl (C=O) groups is 3. The van der Waals surface area contributed by atoms with Crippen molar-refractivity contribution in [3.63, 3.8) is 0 Å². The van der Waals surface area contributed by atoms with Gasteiger partial charge in [0.2, 0.25) is 5.91 Å². The zero-order valence-electron chi connectivity index (χ0n) is 13.3. The van der Waals surface area contributed by atoms with Crippen LogP contribution < -0.4 is 5.32 Å². The number of carboxylic acid groups (broad SMARTS) is 1. The van der Waals surface area contributed by atoms with Gasteiger partial charge in [0, 0.05) is 20.1 Å². The molecule has 1 aliphatic rings. The van der Waals surface area contributed by atoms with Crippen LogP contribution in [-0.4, -0.2) is 64.5 Å². The van der Waals surface area contributed by atoms with Gasteiger partial charge in [0.15, 0.2) is 0 Å². The van der Waals surface area contributed by atoms with E-state index in [4.69, 9.17) is 0 Å². The predicted molar refractivity (Wildman–Crippen MR) is 77.8 cm³/mol. The molecule has 120 valence electrons. The fourth-order valence-electron chi connectivity index (χ4n) is 2.46. The smallest absolute Gasteiger partial charge is 0.326 e. The molecular formula is C14H25N3O4. The highest BCUT2D eigenvalue weighted by molar-refractivity contribution is 5.92. The van der Waals surface area contributed by atoms with Crippen LogP contribution in [0, 0.1) is 5.92 Å². The molecule has 2 atom stereocenters. The monoisotopic (exact) mass is 299 g/mol. The lowest BCUT2D eigenvalue weighted by atomic mass is 9.97. The molecule has 21 heavy (non-hydrogen) atoms. The maximum Gasteiger partial charge on any atom is 0.326 e. The molecule has 0 saturated carbocycles. The lowest BCUT2D eigenvalue weighted by molar-refractivity contribution is -0.144. The van der Waals surface area contributed by atoms with Gasteiger partial charge in [-0.3, -0.25) is 4.79 Å². The number of nitrogens with zero attached hydrogens (tertiary/aromatic N) is 2. The van der Waals surface area contributed by atoms with E-state index >= 15 is 0 Å². The number of carbonyl (C=O) groups excluding carboxylic acids is 2. The van der Waals surface area contributed by atoms with Gasteiger partial charge in [-0.05, 0) is 19.8 Å². The van der Waals surface area contributed by atoms with Crippen LogP contribution in [0.15, 0.2) is 0 Å². The van der Waals surface area contributed by atoms with Gasteiger partial charge in [0.05, 0.1) is 0 Å². The van der Waals surface area contributed by atoms with Crippen molar-refractivity contribution in [3.05, 3.63) is 0 Å². The van der Waals surface area contributed by atoms with E-state index < -0.39 is 23.6 Å². The third-order valence-electron chi connectivity index (χ3n) is 4.21. The highest BCUT2D eigenvalue weighted by atomic mass is 16.4. The van der Waals surface area contributed by atoms with Crippen LogP contribution in [0.5, 0.6) is 0 Å². The standard InChI is InChI=1S/C14H25N3O4/c1-6-9(2)10(11(18)19)15-13(21)17-8-7-16(5)12(20)14(17,3)4/h9-10H,6-8H2,1-5H3,(H,15,21)(H,18,19)/t9-,10-/m0/s1. The number of urea groups is 1. The molecule has 0 spiro atoms. The molecule has 0 aromatic heterocycles. The Kier molecular flexibility index (Phi) is 5.20. The van der Waals surface area contributed by atoms with Crippen molar-refractivity contribution in [2.24, 2.45) is 5.92 Å². The highest BCUT2D eigenvalue weighted by Gasteiger charge is 2.44. The van der Waals surface area contributed by atoms with Crippen LogP contribution in [-0.2, 0) is 9.59 Å². The maximum atomic E-state index is 12.4. The third kappa shape index (κ3) is 3.46. The minimum atomic E-state index is -1.06. The first-order valence-corrected chi connectivity index (χ1v) is 7.19. The number of hydrogen-bond acceptors (Lipinski definition) is 3. The molecule has 0 radical (unpaired) electrons. The van der Waals surface area contributed by atoms with E-state index in [0.29, 0.717) is 19.5 Å². The molecule has 1 fully saturated rings. The van der Waals surface area contributed by atoms with Crippen LogP contribution in [0.25, 0.3) is 0 Å². The highest BCUT2D eigenvalue weighted by Crippen LogP contribution is 2.22. The summed E-state index contributed by atoms with van der Waals surface area (Å²) in [6.45, 7) is 7.81. The molecule has 0 unspecified atom stereocenters. The fourth-order valence-corrected chi connectivity index (χ4v) is 2.46. The molecule has 1 aliphatic heterocycles. The largest absolute Gasteiger partial charge is 0.480 e. The molecule has 0 bridgehead atoms. The van der Waals surface area contributed by atoms with E-state index in [1.165, 1.54) is 4.90 Å². The summed E-state index contributed by atoms with van der Waals surface area (Å²) in [7, 11) is 1.69. The number of amides is 3. The number of nitrogens with one attached hydrogen (secondary N) is 1. The van der Waals surface area contributed by atoms with E-state index in [1.807, 2.05) is 6.92 Å². The zero-order chi connectivity index (χ0) is 16.4. The Balaban J connectivity index is 2.87. The quantitative estimate of drug-likeness (QED) is 0.801. The van der Waals surface area contributed by atoms with Crippen LogP contribution in [0.4, 0.5) is 4.79 Å². The van der Waals surface area contributed by atoms with E-state index in [2.05, 4.69) is 5.32 Å². The van der Waals surface area contributed by atoms with Gasteiger partial charge in [-0.1, -0.05) is 20.3 Å². The lowest BCUT2D eigenvalue weighted by Crippen LogP contribution is -2.66. The summed E-state index contributed by atoms with van der Waals surface area (Å²) in [4.78, 5) is 38.8. The summed E-state index contributed by atoms with van der Waals surface area (Å²) in [5, 5.41) is 11.8. The van der Waals surface area contributed by atoms with Crippen LogP contribution in [0.1, 0.15) is 34.1 Å². The Hall–Kier alpha value is -1.79. The number of likely N-dealkylation sites (N-methyl/N-ethyl adjacent to an activating group) is 1. The lowest BCUT2D eigenvalue weighted by Gasteiger charge is -2.45. The molecule has 0 aliphatic carbocycles. The number of aliphatic carboxylic acids is 1. The van der Waals surface area contributed by atoms with Crippen molar-refractivity contribution < 1.29 is 19.5 Å². The molecule has 7 nitrogen and oxygen atoms in total. The molecule has 3 amide bonds. The topological polar surface area (TPSA) is 90.0 Å². The second kappa shape index (κ2) is 6.32. The minimum Gasteiger partial charge on any atom is -0.480 e. The van der Waals surface area contributed by atoms with Gasteiger partial charge in [0.25, 0.3) is 0 Å². The number of carboxylic acids is 1. The van der Waals surface area contributed by atoms with Crippen molar-refractivity contribution in [2.75, 3.05) is 20.1 Å². The van der Waals surface area contributed by atoms with Crippen molar-refractivity contribution in [3.8, 4) is 0 Å². The van der Waals surface area contributed by atoms with E-state index in [1.54, 1.807) is 32.7 Å². The Morgan fingerprint density at radius 2 is 1.95 bits per heavy atom. The van der Waals surface area contributed by atoms with Gasteiger partial charge in [-0.2, -0.15) is 0 Å². The molecule has 1 heterocycles. The molecule has 7 heteroatoms. The Bertz CT molecular complexity index is 436. The van der Waals surface area contributed by atoms with Gasteiger partial charge in [-0.15, -0.1) is 0 Å². The van der Waals surface area contributed by atoms with E-state index in [9.17, 15) is 19.5 Å². The Morgan fingerprint density at radius 1 is 1.38 bits per heavy atom. The Morgan fingerprint density at radius 3 is 2.43 bits per heavy atom. The summed E-state index contributed by atoms with van der Waals surface area (Å²) in [5.41, 5.74) is -0.977. The van der Waals surface area contributed by atoms with Crippen molar-refractivity contribution in [1.29, 1.82) is 0 Å². The maximum absolute atomic E-state index is 12.4. The predicted octanol–water partition coefficient (Wildman–Crippen LogP) is 0.748. The summed E-state index contributed by atoms with van der Waals surface area (Å²) in [5.74, 6) is -1.40. The fraction of sp³-hybridized carbons (Fsp3) is 0.786. The second-order valence-electron chi connectivity index (χ2n) is 6.09. The van der Waals surface area contributed by atoms with E-state index in [-0.39, 0.29) is 11.8 Å². The van der Waals surface area contributed by atoms with Crippen molar-refractivity contribution in [2.45, 2.75) is 45.7 Å². The average Bonchev–Trinajstić information content (AvgIpc) is 2.40.